The lowest BCUT2D eigenvalue weighted by Crippen LogP contribution is -2.19. The first-order valence-electron chi connectivity index (χ1n) is 4.03. The van der Waals surface area contributed by atoms with E-state index >= 15 is 0 Å². The molecule has 0 N–H and O–H groups in total. The lowest BCUT2D eigenvalue weighted by Gasteiger charge is -2.12. The van der Waals surface area contributed by atoms with E-state index in [1.54, 1.807) is 6.92 Å². The predicted octanol–water partition coefficient (Wildman–Crippen LogP) is 2.53. The Morgan fingerprint density at radius 3 is 2.62 bits per heavy atom. The number of hydrogen-bond acceptors (Lipinski definition) is 2. The van der Waals surface area contributed by atoms with Gasteiger partial charge in [-0.15, -0.1) is 0 Å². The van der Waals surface area contributed by atoms with Gasteiger partial charge in [0, 0.05) is 0 Å². The Morgan fingerprint density at radius 2 is 2.08 bits per heavy atom. The highest BCUT2D eigenvalue weighted by molar-refractivity contribution is 6.64. The average molecular weight is 199 g/mol. The highest BCUT2D eigenvalue weighted by Crippen LogP contribution is 2.18. The molecule has 0 radical (unpaired) electrons. The van der Waals surface area contributed by atoms with Gasteiger partial charge in [0.15, 0.2) is 6.10 Å². The number of benzene rings is 1. The second-order valence-electron chi connectivity index (χ2n) is 2.83. The second kappa shape index (κ2) is 4.28. The summed E-state index contributed by atoms with van der Waals surface area (Å²) < 4.78 is 5.33. The quantitative estimate of drug-likeness (QED) is 0.698. The number of rotatable bonds is 3. The molecule has 0 aliphatic carbocycles. The maximum absolute atomic E-state index is 10.7. The SMILES string of the molecule is Cc1ccccc1O[C@@H](C)C(=O)Cl. The molecule has 13 heavy (non-hydrogen) atoms. The summed E-state index contributed by atoms with van der Waals surface area (Å²) in [6.07, 6.45) is -0.595. The van der Waals surface area contributed by atoms with Gasteiger partial charge < -0.3 is 4.74 Å². The molecule has 0 aromatic heterocycles. The van der Waals surface area contributed by atoms with Crippen molar-refractivity contribution in [3.63, 3.8) is 0 Å². The monoisotopic (exact) mass is 198 g/mol. The fourth-order valence-corrected chi connectivity index (χ4v) is 0.970. The molecule has 70 valence electrons. The van der Waals surface area contributed by atoms with Crippen LogP contribution in [0.4, 0.5) is 0 Å². The van der Waals surface area contributed by atoms with Crippen LogP contribution < -0.4 is 4.74 Å². The zero-order valence-electron chi connectivity index (χ0n) is 7.58. The molecule has 0 saturated heterocycles. The van der Waals surface area contributed by atoms with Crippen molar-refractivity contribution in [2.24, 2.45) is 0 Å². The van der Waals surface area contributed by atoms with Crippen LogP contribution in [0.1, 0.15) is 12.5 Å². The lowest BCUT2D eigenvalue weighted by atomic mass is 10.2. The highest BCUT2D eigenvalue weighted by atomic mass is 35.5. The standard InChI is InChI=1S/C10H11ClO2/c1-7-5-3-4-6-9(7)13-8(2)10(11)12/h3-6,8H,1-2H3/t8-/m0/s1. The zero-order chi connectivity index (χ0) is 9.84. The van der Waals surface area contributed by atoms with E-state index in [4.69, 9.17) is 16.3 Å². The summed E-state index contributed by atoms with van der Waals surface area (Å²) in [6, 6.07) is 7.50. The maximum atomic E-state index is 10.7. The van der Waals surface area contributed by atoms with Crippen LogP contribution in [0.25, 0.3) is 0 Å². The minimum absolute atomic E-state index is 0.483. The van der Waals surface area contributed by atoms with E-state index in [-0.39, 0.29) is 0 Å². The summed E-state index contributed by atoms with van der Waals surface area (Å²) >= 11 is 5.27. The largest absolute Gasteiger partial charge is 0.481 e. The van der Waals surface area contributed by atoms with Crippen LogP contribution >= 0.6 is 11.6 Å². The van der Waals surface area contributed by atoms with Crippen molar-refractivity contribution in [1.29, 1.82) is 0 Å². The number of hydrogen-bond donors (Lipinski definition) is 0. The summed E-state index contributed by atoms with van der Waals surface area (Å²) in [5, 5.41) is -0.483. The first kappa shape index (κ1) is 10.1. The molecule has 2 nitrogen and oxygen atoms in total. The topological polar surface area (TPSA) is 26.3 Å². The van der Waals surface area contributed by atoms with Crippen molar-refractivity contribution < 1.29 is 9.53 Å². The molecule has 1 aromatic carbocycles. The molecule has 0 aliphatic rings. The van der Waals surface area contributed by atoms with Crippen LogP contribution in [0.15, 0.2) is 24.3 Å². The highest BCUT2D eigenvalue weighted by Gasteiger charge is 2.11. The molecule has 1 aromatic rings. The Labute approximate surface area is 82.5 Å². The van der Waals surface area contributed by atoms with E-state index in [0.29, 0.717) is 5.75 Å². The van der Waals surface area contributed by atoms with Crippen LogP contribution in [-0.2, 0) is 4.79 Å². The summed E-state index contributed by atoms with van der Waals surface area (Å²) in [7, 11) is 0. The summed E-state index contributed by atoms with van der Waals surface area (Å²) in [6.45, 7) is 3.54. The molecule has 1 atom stereocenters. The molecule has 0 amide bonds. The van der Waals surface area contributed by atoms with Gasteiger partial charge in [0.1, 0.15) is 5.75 Å². The van der Waals surface area contributed by atoms with E-state index in [9.17, 15) is 4.79 Å². The van der Waals surface area contributed by atoms with Crippen molar-refractivity contribution in [2.45, 2.75) is 20.0 Å². The smallest absolute Gasteiger partial charge is 0.262 e. The maximum Gasteiger partial charge on any atom is 0.262 e. The fourth-order valence-electron chi connectivity index (χ4n) is 0.925. The van der Waals surface area contributed by atoms with Crippen LogP contribution in [0, 0.1) is 6.92 Å². The number of para-hydroxylation sites is 1. The van der Waals surface area contributed by atoms with Crippen molar-refractivity contribution in [3.05, 3.63) is 29.8 Å². The van der Waals surface area contributed by atoms with E-state index < -0.39 is 11.3 Å². The van der Waals surface area contributed by atoms with E-state index in [2.05, 4.69) is 0 Å². The van der Waals surface area contributed by atoms with Crippen LogP contribution in [0.5, 0.6) is 5.75 Å². The third kappa shape index (κ3) is 2.74. The van der Waals surface area contributed by atoms with E-state index in [1.165, 1.54) is 0 Å². The Bertz CT molecular complexity index is 310. The van der Waals surface area contributed by atoms with Gasteiger partial charge >= 0.3 is 0 Å². The summed E-state index contributed by atoms with van der Waals surface area (Å²) in [5.41, 5.74) is 0.993. The van der Waals surface area contributed by atoms with Crippen molar-refractivity contribution in [1.82, 2.24) is 0 Å². The van der Waals surface area contributed by atoms with Gasteiger partial charge in [0.05, 0.1) is 0 Å². The van der Waals surface area contributed by atoms with Crippen LogP contribution in [0.3, 0.4) is 0 Å². The Hall–Kier alpha value is -1.02. The molecule has 0 fully saturated rings. The van der Waals surface area contributed by atoms with Crippen molar-refractivity contribution >= 4 is 16.8 Å². The lowest BCUT2D eigenvalue weighted by molar-refractivity contribution is -0.117. The predicted molar refractivity (Wildman–Crippen MR) is 52.1 cm³/mol. The second-order valence-corrected chi connectivity index (χ2v) is 3.20. The van der Waals surface area contributed by atoms with Gasteiger partial charge in [-0.1, -0.05) is 18.2 Å². The van der Waals surface area contributed by atoms with Gasteiger partial charge in [-0.2, -0.15) is 0 Å². The first-order valence-corrected chi connectivity index (χ1v) is 4.40. The number of aryl methyl sites for hydroxylation is 1. The van der Waals surface area contributed by atoms with Crippen molar-refractivity contribution in [2.75, 3.05) is 0 Å². The zero-order valence-corrected chi connectivity index (χ0v) is 8.34. The van der Waals surface area contributed by atoms with Gasteiger partial charge in [-0.3, -0.25) is 4.79 Å². The number of ether oxygens (including phenoxy) is 1. The van der Waals surface area contributed by atoms with Gasteiger partial charge in [0.25, 0.3) is 5.24 Å². The average Bonchev–Trinajstić information content (AvgIpc) is 2.08. The summed E-state index contributed by atoms with van der Waals surface area (Å²) in [4.78, 5) is 10.7. The normalized spacial score (nSPS) is 12.2. The van der Waals surface area contributed by atoms with E-state index in [0.717, 1.165) is 5.56 Å². The molecule has 3 heteroatoms. The molecule has 0 unspecified atom stereocenters. The Morgan fingerprint density at radius 1 is 1.46 bits per heavy atom. The number of carbonyl (C=O) groups is 1. The molecule has 0 heterocycles. The molecule has 0 spiro atoms. The first-order chi connectivity index (χ1) is 6.11. The molecule has 0 bridgehead atoms. The minimum atomic E-state index is -0.595. The van der Waals surface area contributed by atoms with Crippen LogP contribution in [0.2, 0.25) is 0 Å². The number of halogens is 1. The van der Waals surface area contributed by atoms with Gasteiger partial charge in [0.2, 0.25) is 0 Å². The Kier molecular flexibility index (Phi) is 3.32. The fraction of sp³-hybridized carbons (Fsp3) is 0.300. The summed E-state index contributed by atoms with van der Waals surface area (Å²) in [5.74, 6) is 0.698. The minimum Gasteiger partial charge on any atom is -0.481 e. The van der Waals surface area contributed by atoms with Crippen LogP contribution in [-0.4, -0.2) is 11.3 Å². The van der Waals surface area contributed by atoms with Gasteiger partial charge in [-0.25, -0.2) is 0 Å². The molecular weight excluding hydrogens is 188 g/mol. The molecular formula is C10H11ClO2. The third-order valence-electron chi connectivity index (χ3n) is 1.72. The number of carbonyl (C=O) groups excluding carboxylic acids is 1. The van der Waals surface area contributed by atoms with E-state index in [1.807, 2.05) is 31.2 Å². The molecule has 0 saturated carbocycles. The molecule has 0 aliphatic heterocycles. The van der Waals surface area contributed by atoms with Crippen molar-refractivity contribution in [3.8, 4) is 5.75 Å². The Balaban J connectivity index is 2.74. The van der Waals surface area contributed by atoms with Gasteiger partial charge in [-0.05, 0) is 37.1 Å². The third-order valence-corrected chi connectivity index (χ3v) is 2.02. The molecule has 1 rings (SSSR count).